The summed E-state index contributed by atoms with van der Waals surface area (Å²) in [6, 6.07) is 3.43. The van der Waals surface area contributed by atoms with Crippen LogP contribution in [0.2, 0.25) is 0 Å². The molecule has 0 unspecified atom stereocenters. The first-order chi connectivity index (χ1) is 6.56. The molecule has 0 saturated heterocycles. The molecular formula is C8H6N2O4. The molecule has 1 aromatic carbocycles. The molecule has 0 heterocycles. The summed E-state index contributed by atoms with van der Waals surface area (Å²) < 4.78 is 0. The summed E-state index contributed by atoms with van der Waals surface area (Å²) in [6.07, 6.45) is 0.350. The highest BCUT2D eigenvalue weighted by molar-refractivity contribution is 5.95. The number of carbonyl (C=O) groups excluding carboxylic acids is 2. The molecule has 0 saturated carbocycles. The number of primary amides is 1. The van der Waals surface area contributed by atoms with Crippen molar-refractivity contribution in [1.82, 2.24) is 0 Å². The van der Waals surface area contributed by atoms with E-state index in [0.717, 1.165) is 6.07 Å². The van der Waals surface area contributed by atoms with Gasteiger partial charge in [-0.1, -0.05) is 0 Å². The third kappa shape index (κ3) is 1.74. The van der Waals surface area contributed by atoms with E-state index in [1.165, 1.54) is 12.1 Å². The molecule has 6 nitrogen and oxygen atoms in total. The van der Waals surface area contributed by atoms with Crippen LogP contribution < -0.4 is 5.73 Å². The maximum atomic E-state index is 10.7. The van der Waals surface area contributed by atoms with Crippen molar-refractivity contribution in [2.75, 3.05) is 0 Å². The molecule has 1 rings (SSSR count). The smallest absolute Gasteiger partial charge is 0.280 e. The molecule has 1 aromatic rings. The zero-order valence-corrected chi connectivity index (χ0v) is 6.97. The van der Waals surface area contributed by atoms with Crippen molar-refractivity contribution in [2.24, 2.45) is 5.73 Å². The Labute approximate surface area is 78.5 Å². The minimum Gasteiger partial charge on any atom is -0.366 e. The predicted molar refractivity (Wildman–Crippen MR) is 47.0 cm³/mol. The van der Waals surface area contributed by atoms with Crippen molar-refractivity contribution >= 4 is 17.9 Å². The van der Waals surface area contributed by atoms with Gasteiger partial charge in [0.1, 0.15) is 0 Å². The van der Waals surface area contributed by atoms with E-state index < -0.39 is 16.5 Å². The third-order valence-electron chi connectivity index (χ3n) is 1.64. The number of rotatable bonds is 3. The standard InChI is InChI=1S/C8H6N2O4/c9-8(12)5-1-2-6(4-11)7(3-5)10(13)14/h1-4H,(H2,9,12). The fourth-order valence-corrected chi connectivity index (χ4v) is 0.955. The summed E-state index contributed by atoms with van der Waals surface area (Å²) in [4.78, 5) is 30.8. The molecule has 0 bridgehead atoms. The van der Waals surface area contributed by atoms with Gasteiger partial charge in [-0.15, -0.1) is 0 Å². The van der Waals surface area contributed by atoms with Crippen molar-refractivity contribution in [1.29, 1.82) is 0 Å². The molecule has 0 atom stereocenters. The van der Waals surface area contributed by atoms with Crippen LogP contribution in [-0.2, 0) is 0 Å². The Morgan fingerprint density at radius 2 is 2.14 bits per heavy atom. The minimum atomic E-state index is -0.773. The van der Waals surface area contributed by atoms with Crippen LogP contribution in [0.3, 0.4) is 0 Å². The van der Waals surface area contributed by atoms with Crippen molar-refractivity contribution in [3.8, 4) is 0 Å². The Bertz CT molecular complexity index is 414. The molecule has 0 spiro atoms. The first-order valence-electron chi connectivity index (χ1n) is 3.59. The lowest BCUT2D eigenvalue weighted by molar-refractivity contribution is -0.385. The maximum absolute atomic E-state index is 10.7. The molecule has 0 aliphatic rings. The van der Waals surface area contributed by atoms with Gasteiger partial charge in [-0.05, 0) is 12.1 Å². The van der Waals surface area contributed by atoms with Gasteiger partial charge in [-0.25, -0.2) is 0 Å². The Morgan fingerprint density at radius 3 is 2.57 bits per heavy atom. The van der Waals surface area contributed by atoms with Gasteiger partial charge >= 0.3 is 0 Å². The fraction of sp³-hybridized carbons (Fsp3) is 0. The molecule has 72 valence electrons. The summed E-state index contributed by atoms with van der Waals surface area (Å²) in [7, 11) is 0. The van der Waals surface area contributed by atoms with Crippen LogP contribution in [0.15, 0.2) is 18.2 Å². The topological polar surface area (TPSA) is 103 Å². The third-order valence-corrected chi connectivity index (χ3v) is 1.64. The average molecular weight is 194 g/mol. The number of nitrogens with two attached hydrogens (primary N) is 1. The first kappa shape index (κ1) is 9.85. The highest BCUT2D eigenvalue weighted by atomic mass is 16.6. The van der Waals surface area contributed by atoms with Crippen LogP contribution in [0.4, 0.5) is 5.69 Å². The zero-order valence-electron chi connectivity index (χ0n) is 6.97. The van der Waals surface area contributed by atoms with Crippen LogP contribution in [-0.4, -0.2) is 17.1 Å². The number of nitro groups is 1. The van der Waals surface area contributed by atoms with E-state index >= 15 is 0 Å². The van der Waals surface area contributed by atoms with Crippen LogP contribution >= 0.6 is 0 Å². The first-order valence-corrected chi connectivity index (χ1v) is 3.59. The molecular weight excluding hydrogens is 188 g/mol. The number of carbonyl (C=O) groups is 2. The summed E-state index contributed by atoms with van der Waals surface area (Å²) >= 11 is 0. The largest absolute Gasteiger partial charge is 0.366 e. The minimum absolute atomic E-state index is 0.00213. The van der Waals surface area contributed by atoms with Crippen molar-refractivity contribution in [2.45, 2.75) is 0 Å². The Morgan fingerprint density at radius 1 is 1.50 bits per heavy atom. The molecule has 0 aromatic heterocycles. The van der Waals surface area contributed by atoms with Gasteiger partial charge in [0.25, 0.3) is 5.69 Å². The second kappa shape index (κ2) is 3.65. The van der Waals surface area contributed by atoms with Crippen molar-refractivity contribution < 1.29 is 14.5 Å². The number of nitro benzene ring substituents is 1. The highest BCUT2D eigenvalue weighted by Crippen LogP contribution is 2.18. The molecule has 0 fully saturated rings. The molecule has 0 aliphatic heterocycles. The molecule has 0 aliphatic carbocycles. The summed E-state index contributed by atoms with van der Waals surface area (Å²) in [6.45, 7) is 0. The number of aldehydes is 1. The molecule has 1 amide bonds. The van der Waals surface area contributed by atoms with E-state index in [9.17, 15) is 19.7 Å². The monoisotopic (exact) mass is 194 g/mol. The second-order valence-corrected chi connectivity index (χ2v) is 2.51. The lowest BCUT2D eigenvalue weighted by atomic mass is 10.1. The van der Waals surface area contributed by atoms with Gasteiger partial charge in [-0.3, -0.25) is 19.7 Å². The SMILES string of the molecule is NC(=O)c1ccc(C=O)c([N+](=O)[O-])c1. The number of hydrogen-bond donors (Lipinski definition) is 1. The summed E-state index contributed by atoms with van der Waals surface area (Å²) in [5, 5.41) is 10.5. The molecule has 14 heavy (non-hydrogen) atoms. The Kier molecular flexibility index (Phi) is 2.57. The van der Waals surface area contributed by atoms with Gasteiger partial charge in [0.2, 0.25) is 5.91 Å². The number of amides is 1. The number of hydrogen-bond acceptors (Lipinski definition) is 4. The molecule has 6 heteroatoms. The van der Waals surface area contributed by atoms with Crippen molar-refractivity contribution in [3.05, 3.63) is 39.4 Å². The highest BCUT2D eigenvalue weighted by Gasteiger charge is 2.15. The maximum Gasteiger partial charge on any atom is 0.280 e. The number of nitrogens with zero attached hydrogens (tertiary/aromatic N) is 1. The zero-order chi connectivity index (χ0) is 10.7. The van der Waals surface area contributed by atoms with Gasteiger partial charge in [0.15, 0.2) is 6.29 Å². The van der Waals surface area contributed by atoms with E-state index in [2.05, 4.69) is 0 Å². The normalized spacial score (nSPS) is 9.43. The van der Waals surface area contributed by atoms with E-state index in [1.807, 2.05) is 0 Å². The summed E-state index contributed by atoms with van der Waals surface area (Å²) in [5.74, 6) is -0.773. The average Bonchev–Trinajstić information content (AvgIpc) is 2.16. The van der Waals surface area contributed by atoms with Gasteiger partial charge in [0, 0.05) is 11.6 Å². The fourth-order valence-electron chi connectivity index (χ4n) is 0.955. The van der Waals surface area contributed by atoms with E-state index in [4.69, 9.17) is 5.73 Å². The van der Waals surface area contributed by atoms with Gasteiger partial charge in [0.05, 0.1) is 10.5 Å². The van der Waals surface area contributed by atoms with E-state index in [-0.39, 0.29) is 11.1 Å². The predicted octanol–water partition coefficient (Wildman–Crippen LogP) is 0.506. The lowest BCUT2D eigenvalue weighted by Crippen LogP contribution is -2.11. The lowest BCUT2D eigenvalue weighted by Gasteiger charge is -1.97. The van der Waals surface area contributed by atoms with Crippen LogP contribution in [0.1, 0.15) is 20.7 Å². The summed E-state index contributed by atoms with van der Waals surface area (Å²) in [5.41, 5.74) is 4.42. The second-order valence-electron chi connectivity index (χ2n) is 2.51. The molecule has 0 radical (unpaired) electrons. The quantitative estimate of drug-likeness (QED) is 0.430. The van der Waals surface area contributed by atoms with Crippen LogP contribution in [0.5, 0.6) is 0 Å². The molecule has 2 N–H and O–H groups in total. The van der Waals surface area contributed by atoms with Crippen LogP contribution in [0.25, 0.3) is 0 Å². The van der Waals surface area contributed by atoms with E-state index in [0.29, 0.717) is 6.29 Å². The van der Waals surface area contributed by atoms with Gasteiger partial charge in [-0.2, -0.15) is 0 Å². The van der Waals surface area contributed by atoms with Crippen LogP contribution in [0, 0.1) is 10.1 Å². The Balaban J connectivity index is 3.34. The van der Waals surface area contributed by atoms with E-state index in [1.54, 1.807) is 0 Å². The number of benzene rings is 1. The van der Waals surface area contributed by atoms with Crippen molar-refractivity contribution in [3.63, 3.8) is 0 Å². The Hall–Kier alpha value is -2.24. The van der Waals surface area contributed by atoms with Gasteiger partial charge < -0.3 is 5.73 Å².